The standard InChI is InChI=1S/C10H18O.C2H4O2/c1-7-5-8(2)9(3)10(4,11)6-7;1-2(3)4/h7-8,11H,3,5-6H2,1-2,4H3;1H3,(H,3,4). The predicted octanol–water partition coefficient (Wildman–Crippen LogP) is 2.45. The number of carboxylic acids is 1. The van der Waals surface area contributed by atoms with Crippen LogP contribution in [0, 0.1) is 11.8 Å². The van der Waals surface area contributed by atoms with E-state index in [0.29, 0.717) is 11.8 Å². The molecule has 3 nitrogen and oxygen atoms in total. The molecule has 0 radical (unpaired) electrons. The zero-order chi connectivity index (χ0) is 12.2. The summed E-state index contributed by atoms with van der Waals surface area (Å²) in [5, 5.41) is 17.3. The molecule has 0 bridgehead atoms. The Kier molecular flexibility index (Phi) is 5.01. The van der Waals surface area contributed by atoms with E-state index in [-0.39, 0.29) is 0 Å². The van der Waals surface area contributed by atoms with Crippen LogP contribution >= 0.6 is 0 Å². The molecule has 3 heteroatoms. The van der Waals surface area contributed by atoms with Gasteiger partial charge in [-0.2, -0.15) is 0 Å². The van der Waals surface area contributed by atoms with Crippen molar-refractivity contribution >= 4 is 5.97 Å². The lowest BCUT2D eigenvalue weighted by atomic mass is 9.71. The van der Waals surface area contributed by atoms with Crippen LogP contribution in [-0.4, -0.2) is 21.8 Å². The number of aliphatic hydroxyl groups is 1. The second kappa shape index (κ2) is 5.31. The summed E-state index contributed by atoms with van der Waals surface area (Å²) in [6.45, 7) is 11.2. The fourth-order valence-corrected chi connectivity index (χ4v) is 2.17. The van der Waals surface area contributed by atoms with Crippen LogP contribution in [0.25, 0.3) is 0 Å². The summed E-state index contributed by atoms with van der Waals surface area (Å²) in [6.07, 6.45) is 2.05. The van der Waals surface area contributed by atoms with Crippen molar-refractivity contribution < 1.29 is 15.0 Å². The third-order valence-corrected chi connectivity index (χ3v) is 2.79. The number of aliphatic carboxylic acids is 1. The van der Waals surface area contributed by atoms with E-state index in [1.165, 1.54) is 6.42 Å². The maximum Gasteiger partial charge on any atom is 0.300 e. The second-order valence-corrected chi connectivity index (χ2v) is 4.76. The molecule has 0 aromatic rings. The zero-order valence-electron chi connectivity index (χ0n) is 10.1. The quantitative estimate of drug-likeness (QED) is 0.609. The van der Waals surface area contributed by atoms with Crippen molar-refractivity contribution in [3.8, 4) is 0 Å². The zero-order valence-corrected chi connectivity index (χ0v) is 10.1. The minimum absolute atomic E-state index is 0.480. The smallest absolute Gasteiger partial charge is 0.300 e. The highest BCUT2D eigenvalue weighted by Gasteiger charge is 2.34. The highest BCUT2D eigenvalue weighted by atomic mass is 16.4. The van der Waals surface area contributed by atoms with E-state index in [4.69, 9.17) is 9.90 Å². The summed E-state index contributed by atoms with van der Waals surface area (Å²) in [5.74, 6) is 0.277. The van der Waals surface area contributed by atoms with Crippen molar-refractivity contribution in [2.45, 2.75) is 46.1 Å². The van der Waals surface area contributed by atoms with Gasteiger partial charge in [-0.25, -0.2) is 0 Å². The van der Waals surface area contributed by atoms with Crippen LogP contribution in [0.1, 0.15) is 40.5 Å². The lowest BCUT2D eigenvalue weighted by molar-refractivity contribution is -0.134. The van der Waals surface area contributed by atoms with Crippen LogP contribution in [-0.2, 0) is 4.79 Å². The average molecular weight is 214 g/mol. The van der Waals surface area contributed by atoms with Gasteiger partial charge in [-0.3, -0.25) is 4.79 Å². The predicted molar refractivity (Wildman–Crippen MR) is 60.6 cm³/mol. The fourth-order valence-electron chi connectivity index (χ4n) is 2.17. The third kappa shape index (κ3) is 4.98. The minimum Gasteiger partial charge on any atom is -0.481 e. The maximum absolute atomic E-state index is 9.88. The highest BCUT2D eigenvalue weighted by molar-refractivity contribution is 5.62. The van der Waals surface area contributed by atoms with Gasteiger partial charge in [0.05, 0.1) is 5.60 Å². The topological polar surface area (TPSA) is 57.5 Å². The summed E-state index contributed by atoms with van der Waals surface area (Å²) in [6, 6.07) is 0. The van der Waals surface area contributed by atoms with Crippen molar-refractivity contribution in [1.82, 2.24) is 0 Å². The molecule has 2 N–H and O–H groups in total. The normalized spacial score (nSPS) is 35.4. The van der Waals surface area contributed by atoms with Crippen LogP contribution in [0.3, 0.4) is 0 Å². The molecule has 0 spiro atoms. The Morgan fingerprint density at radius 2 is 1.93 bits per heavy atom. The monoisotopic (exact) mass is 214 g/mol. The minimum atomic E-state index is -0.833. The Hall–Kier alpha value is -0.830. The van der Waals surface area contributed by atoms with Gasteiger partial charge in [-0.05, 0) is 37.2 Å². The molecular formula is C12H22O3. The van der Waals surface area contributed by atoms with Gasteiger partial charge in [0.1, 0.15) is 0 Å². The van der Waals surface area contributed by atoms with Crippen LogP contribution in [0.4, 0.5) is 0 Å². The van der Waals surface area contributed by atoms with Crippen molar-refractivity contribution in [2.24, 2.45) is 11.8 Å². The van der Waals surface area contributed by atoms with E-state index in [2.05, 4.69) is 20.4 Å². The van der Waals surface area contributed by atoms with E-state index in [1.807, 2.05) is 6.92 Å². The second-order valence-electron chi connectivity index (χ2n) is 4.76. The van der Waals surface area contributed by atoms with Crippen LogP contribution in [0.5, 0.6) is 0 Å². The van der Waals surface area contributed by atoms with E-state index in [1.54, 1.807) is 0 Å². The van der Waals surface area contributed by atoms with Crippen molar-refractivity contribution in [2.75, 3.05) is 0 Å². The summed E-state index contributed by atoms with van der Waals surface area (Å²) in [7, 11) is 0. The van der Waals surface area contributed by atoms with Crippen molar-refractivity contribution in [1.29, 1.82) is 0 Å². The molecule has 0 heterocycles. The van der Waals surface area contributed by atoms with E-state index >= 15 is 0 Å². The van der Waals surface area contributed by atoms with Gasteiger partial charge in [0.15, 0.2) is 0 Å². The molecule has 1 rings (SSSR count). The van der Waals surface area contributed by atoms with Crippen LogP contribution < -0.4 is 0 Å². The van der Waals surface area contributed by atoms with Gasteiger partial charge in [-0.15, -0.1) is 0 Å². The van der Waals surface area contributed by atoms with Crippen LogP contribution in [0.2, 0.25) is 0 Å². The number of rotatable bonds is 0. The molecule has 15 heavy (non-hydrogen) atoms. The molecule has 0 aromatic heterocycles. The molecule has 0 saturated heterocycles. The van der Waals surface area contributed by atoms with Gasteiger partial charge in [0.2, 0.25) is 0 Å². The summed E-state index contributed by atoms with van der Waals surface area (Å²) in [4.78, 5) is 9.00. The first-order valence-electron chi connectivity index (χ1n) is 5.28. The van der Waals surface area contributed by atoms with Crippen molar-refractivity contribution in [3.05, 3.63) is 12.2 Å². The van der Waals surface area contributed by atoms with E-state index < -0.39 is 11.6 Å². The number of hydrogen-bond acceptors (Lipinski definition) is 2. The van der Waals surface area contributed by atoms with Crippen molar-refractivity contribution in [3.63, 3.8) is 0 Å². The first kappa shape index (κ1) is 14.2. The Morgan fingerprint density at radius 3 is 2.27 bits per heavy atom. The fraction of sp³-hybridized carbons (Fsp3) is 0.750. The molecule has 0 amide bonds. The van der Waals surface area contributed by atoms with Gasteiger partial charge < -0.3 is 10.2 Å². The molecule has 0 aliphatic heterocycles. The largest absolute Gasteiger partial charge is 0.481 e. The first-order valence-corrected chi connectivity index (χ1v) is 5.28. The summed E-state index contributed by atoms with van der Waals surface area (Å²) >= 11 is 0. The number of carbonyl (C=O) groups is 1. The molecule has 1 aliphatic carbocycles. The SMILES string of the molecule is C=C1C(C)CC(C)CC1(C)O.CC(=O)O. The van der Waals surface area contributed by atoms with E-state index in [9.17, 15) is 5.11 Å². The molecule has 0 aromatic carbocycles. The van der Waals surface area contributed by atoms with Crippen LogP contribution in [0.15, 0.2) is 12.2 Å². The van der Waals surface area contributed by atoms with Gasteiger partial charge >= 0.3 is 0 Å². The first-order chi connectivity index (χ1) is 6.66. The lowest BCUT2D eigenvalue weighted by Crippen LogP contribution is -2.37. The molecule has 1 saturated carbocycles. The molecular weight excluding hydrogens is 192 g/mol. The molecule has 3 atom stereocenters. The van der Waals surface area contributed by atoms with Gasteiger partial charge in [0, 0.05) is 6.92 Å². The third-order valence-electron chi connectivity index (χ3n) is 2.79. The maximum atomic E-state index is 9.88. The number of carboxylic acid groups (broad SMARTS) is 1. The molecule has 88 valence electrons. The Labute approximate surface area is 91.8 Å². The number of hydrogen-bond donors (Lipinski definition) is 2. The summed E-state index contributed by atoms with van der Waals surface area (Å²) < 4.78 is 0. The molecule has 1 fully saturated rings. The van der Waals surface area contributed by atoms with E-state index in [0.717, 1.165) is 18.9 Å². The molecule has 3 unspecified atom stereocenters. The van der Waals surface area contributed by atoms with Gasteiger partial charge in [0.25, 0.3) is 5.97 Å². The Bertz CT molecular complexity index is 239. The summed E-state index contributed by atoms with van der Waals surface area (Å²) in [5.41, 5.74) is 0.396. The average Bonchev–Trinajstić information content (AvgIpc) is 1.97. The Balaban J connectivity index is 0.000000423. The lowest BCUT2D eigenvalue weighted by Gasteiger charge is -2.38. The van der Waals surface area contributed by atoms with Gasteiger partial charge in [-0.1, -0.05) is 20.4 Å². The highest BCUT2D eigenvalue weighted by Crippen LogP contribution is 2.38. The molecule has 1 aliphatic rings. The Morgan fingerprint density at radius 1 is 1.53 bits per heavy atom.